The summed E-state index contributed by atoms with van der Waals surface area (Å²) in [7, 11) is 1.80. The van der Waals surface area contributed by atoms with E-state index in [1.807, 2.05) is 13.8 Å². The second kappa shape index (κ2) is 6.78. The van der Waals surface area contributed by atoms with Crippen LogP contribution in [0, 0.1) is 13.8 Å². The Hall–Kier alpha value is -2.09. The van der Waals surface area contributed by atoms with Crippen molar-refractivity contribution in [3.63, 3.8) is 0 Å². The number of rotatable bonds is 6. The predicted octanol–water partition coefficient (Wildman–Crippen LogP) is 1.13. The van der Waals surface area contributed by atoms with Gasteiger partial charge in [0.2, 0.25) is 0 Å². The van der Waals surface area contributed by atoms with E-state index in [0.29, 0.717) is 23.5 Å². The second-order valence-electron chi connectivity index (χ2n) is 4.92. The number of aromatic nitrogens is 3. The zero-order valence-corrected chi connectivity index (χ0v) is 13.5. The first kappa shape index (κ1) is 16.3. The van der Waals surface area contributed by atoms with Crippen LogP contribution in [0.15, 0.2) is 6.07 Å². The van der Waals surface area contributed by atoms with Crippen molar-refractivity contribution in [1.82, 2.24) is 20.1 Å². The molecule has 0 aliphatic carbocycles. The van der Waals surface area contributed by atoms with Crippen molar-refractivity contribution >= 4 is 34.7 Å². The van der Waals surface area contributed by atoms with Crippen molar-refractivity contribution in [2.75, 3.05) is 18.1 Å². The van der Waals surface area contributed by atoms with Crippen molar-refractivity contribution in [2.24, 2.45) is 7.05 Å². The predicted molar refractivity (Wildman–Crippen MR) is 85.3 cm³/mol. The second-order valence-corrected chi connectivity index (χ2v) is 6.03. The Balaban J connectivity index is 2.13. The maximum atomic E-state index is 12.4. The Morgan fingerprint density at radius 3 is 2.82 bits per heavy atom. The third-order valence-electron chi connectivity index (χ3n) is 3.10. The lowest BCUT2D eigenvalue weighted by molar-refractivity contribution is -0.133. The lowest BCUT2D eigenvalue weighted by Gasteiger charge is -2.07. The molecule has 2 aromatic rings. The first-order chi connectivity index (χ1) is 10.4. The average Bonchev–Trinajstić information content (AvgIpc) is 2.72. The van der Waals surface area contributed by atoms with E-state index < -0.39 is 5.97 Å². The molecule has 8 heteroatoms. The van der Waals surface area contributed by atoms with Gasteiger partial charge in [-0.05, 0) is 19.9 Å². The summed E-state index contributed by atoms with van der Waals surface area (Å²) < 4.78 is 1.66. The molecule has 0 radical (unpaired) electrons. The van der Waals surface area contributed by atoms with E-state index in [-0.39, 0.29) is 11.7 Å². The molecule has 0 fully saturated rings. The molecule has 7 nitrogen and oxygen atoms in total. The summed E-state index contributed by atoms with van der Waals surface area (Å²) >= 11 is 1.27. The number of carbonyl (C=O) groups excluding carboxylic acids is 1. The minimum absolute atomic E-state index is 0.0379. The Morgan fingerprint density at radius 2 is 2.14 bits per heavy atom. The summed E-state index contributed by atoms with van der Waals surface area (Å²) in [5.74, 6) is -0.454. The lowest BCUT2D eigenvalue weighted by Crippen LogP contribution is -2.26. The summed E-state index contributed by atoms with van der Waals surface area (Å²) in [4.78, 5) is 27.2. The summed E-state index contributed by atoms with van der Waals surface area (Å²) in [6.07, 6.45) is 0. The van der Waals surface area contributed by atoms with Crippen LogP contribution in [0.3, 0.4) is 0 Å². The minimum atomic E-state index is -0.853. The van der Waals surface area contributed by atoms with Gasteiger partial charge in [0.25, 0.3) is 5.91 Å². The number of nitrogens with zero attached hydrogens (tertiary/aromatic N) is 3. The van der Waals surface area contributed by atoms with Crippen molar-refractivity contribution in [2.45, 2.75) is 13.8 Å². The smallest absolute Gasteiger partial charge is 0.313 e. The number of hydrogen-bond donors (Lipinski definition) is 2. The maximum absolute atomic E-state index is 12.4. The van der Waals surface area contributed by atoms with E-state index in [2.05, 4.69) is 15.4 Å². The number of aliphatic carboxylic acids is 1. The van der Waals surface area contributed by atoms with Crippen LogP contribution in [0.25, 0.3) is 11.0 Å². The average molecular weight is 322 g/mol. The lowest BCUT2D eigenvalue weighted by atomic mass is 10.1. The summed E-state index contributed by atoms with van der Waals surface area (Å²) in [6, 6.07) is 1.75. The molecule has 0 unspecified atom stereocenters. The monoisotopic (exact) mass is 322 g/mol. The van der Waals surface area contributed by atoms with E-state index in [4.69, 9.17) is 5.11 Å². The van der Waals surface area contributed by atoms with Crippen LogP contribution in [0.1, 0.15) is 21.7 Å². The fourth-order valence-electron chi connectivity index (χ4n) is 2.24. The van der Waals surface area contributed by atoms with Gasteiger partial charge < -0.3 is 10.4 Å². The number of hydrogen-bond acceptors (Lipinski definition) is 5. The van der Waals surface area contributed by atoms with E-state index in [1.165, 1.54) is 11.8 Å². The Morgan fingerprint density at radius 1 is 1.41 bits per heavy atom. The normalized spacial score (nSPS) is 10.9. The highest BCUT2D eigenvalue weighted by Crippen LogP contribution is 2.21. The van der Waals surface area contributed by atoms with Crippen LogP contribution in [0.4, 0.5) is 0 Å². The number of carboxylic acid groups (broad SMARTS) is 1. The highest BCUT2D eigenvalue weighted by atomic mass is 32.2. The number of carbonyl (C=O) groups is 2. The van der Waals surface area contributed by atoms with Crippen molar-refractivity contribution in [3.05, 3.63) is 23.0 Å². The standard InChI is InChI=1S/C14H18N4O3S/c1-8-6-10(12-9(2)17-18(3)13(12)16-8)14(21)15-4-5-22-7-11(19)20/h6H,4-5,7H2,1-3H3,(H,15,21)(H,19,20). The Bertz CT molecular complexity index is 726. The highest BCUT2D eigenvalue weighted by Gasteiger charge is 2.17. The Labute approximate surface area is 132 Å². The van der Waals surface area contributed by atoms with Crippen LogP contribution >= 0.6 is 11.8 Å². The molecule has 0 aliphatic heterocycles. The van der Waals surface area contributed by atoms with Gasteiger partial charge in [-0.25, -0.2) is 4.98 Å². The molecule has 2 rings (SSSR count). The highest BCUT2D eigenvalue weighted by molar-refractivity contribution is 7.99. The third kappa shape index (κ3) is 3.56. The molecule has 0 saturated heterocycles. The molecule has 2 aromatic heterocycles. The number of pyridine rings is 1. The molecule has 2 heterocycles. The molecule has 0 aromatic carbocycles. The third-order valence-corrected chi connectivity index (χ3v) is 4.04. The molecule has 1 amide bonds. The van der Waals surface area contributed by atoms with Crippen LogP contribution in [-0.4, -0.2) is 49.8 Å². The van der Waals surface area contributed by atoms with E-state index in [0.717, 1.165) is 16.8 Å². The van der Waals surface area contributed by atoms with E-state index in [9.17, 15) is 9.59 Å². The molecule has 0 atom stereocenters. The fourth-order valence-corrected chi connectivity index (χ4v) is 2.81. The van der Waals surface area contributed by atoms with Crippen molar-refractivity contribution in [3.8, 4) is 0 Å². The van der Waals surface area contributed by atoms with E-state index >= 15 is 0 Å². The van der Waals surface area contributed by atoms with E-state index in [1.54, 1.807) is 17.8 Å². The summed E-state index contributed by atoms with van der Waals surface area (Å²) in [6.45, 7) is 4.10. The largest absolute Gasteiger partial charge is 0.481 e. The van der Waals surface area contributed by atoms with Crippen molar-refractivity contribution < 1.29 is 14.7 Å². The van der Waals surface area contributed by atoms with Crippen molar-refractivity contribution in [1.29, 1.82) is 0 Å². The quantitative estimate of drug-likeness (QED) is 0.774. The van der Waals surface area contributed by atoms with Gasteiger partial charge >= 0.3 is 5.97 Å². The molecule has 0 aliphatic rings. The molecule has 0 spiro atoms. The summed E-state index contributed by atoms with van der Waals surface area (Å²) in [5, 5.41) is 16.4. The minimum Gasteiger partial charge on any atom is -0.481 e. The number of amides is 1. The van der Waals surface area contributed by atoms with Gasteiger partial charge in [0.05, 0.1) is 22.4 Å². The maximum Gasteiger partial charge on any atom is 0.313 e. The number of aryl methyl sites for hydroxylation is 3. The molecule has 118 valence electrons. The number of carboxylic acids is 1. The van der Waals surface area contributed by atoms with Crippen LogP contribution in [0.5, 0.6) is 0 Å². The van der Waals surface area contributed by atoms with Gasteiger partial charge in [-0.2, -0.15) is 5.10 Å². The van der Waals surface area contributed by atoms with Gasteiger partial charge in [-0.15, -0.1) is 11.8 Å². The van der Waals surface area contributed by atoms with Gasteiger partial charge in [0.15, 0.2) is 5.65 Å². The van der Waals surface area contributed by atoms with Gasteiger partial charge in [0.1, 0.15) is 0 Å². The molecular formula is C14H18N4O3S. The van der Waals surface area contributed by atoms with Crippen LogP contribution < -0.4 is 5.32 Å². The Kier molecular flexibility index (Phi) is 5.02. The van der Waals surface area contributed by atoms with Gasteiger partial charge in [0, 0.05) is 25.0 Å². The SMILES string of the molecule is Cc1cc(C(=O)NCCSCC(=O)O)c2c(C)nn(C)c2n1. The number of nitrogens with one attached hydrogen (secondary N) is 1. The topological polar surface area (TPSA) is 97.1 Å². The van der Waals surface area contributed by atoms with Crippen LogP contribution in [0.2, 0.25) is 0 Å². The van der Waals surface area contributed by atoms with Crippen LogP contribution in [-0.2, 0) is 11.8 Å². The summed E-state index contributed by atoms with van der Waals surface area (Å²) in [5.41, 5.74) is 2.75. The molecular weight excluding hydrogens is 304 g/mol. The molecule has 0 saturated carbocycles. The number of thioether (sulfide) groups is 1. The fraction of sp³-hybridized carbons (Fsp3) is 0.429. The zero-order valence-electron chi connectivity index (χ0n) is 12.7. The molecule has 2 N–H and O–H groups in total. The van der Waals surface area contributed by atoms with Gasteiger partial charge in [-0.1, -0.05) is 0 Å². The zero-order chi connectivity index (χ0) is 16.3. The first-order valence-electron chi connectivity index (χ1n) is 6.79. The number of fused-ring (bicyclic) bond motifs is 1. The molecule has 0 bridgehead atoms. The van der Waals surface area contributed by atoms with Gasteiger partial charge in [-0.3, -0.25) is 14.3 Å². The molecule has 22 heavy (non-hydrogen) atoms. The first-order valence-corrected chi connectivity index (χ1v) is 7.94.